The van der Waals surface area contributed by atoms with Crippen molar-refractivity contribution in [3.63, 3.8) is 0 Å². The number of hydrogen-bond acceptors (Lipinski definition) is 2. The Bertz CT molecular complexity index is 292. The zero-order valence-electron chi connectivity index (χ0n) is 7.30. The van der Waals surface area contributed by atoms with Gasteiger partial charge in [-0.1, -0.05) is 13.8 Å². The van der Waals surface area contributed by atoms with Crippen LogP contribution in [0, 0.1) is 5.41 Å². The van der Waals surface area contributed by atoms with Gasteiger partial charge < -0.3 is 0 Å². The minimum Gasteiger partial charge on any atom is -0.245 e. The van der Waals surface area contributed by atoms with E-state index in [1.54, 1.807) is 11.3 Å². The van der Waals surface area contributed by atoms with Gasteiger partial charge in [-0.05, 0) is 11.8 Å². The van der Waals surface area contributed by atoms with Crippen LogP contribution >= 0.6 is 22.9 Å². The lowest BCUT2D eigenvalue weighted by molar-refractivity contribution is 0.620. The predicted molar refractivity (Wildman–Crippen MR) is 52.8 cm³/mol. The third-order valence-corrected chi connectivity index (χ3v) is 3.80. The van der Waals surface area contributed by atoms with E-state index in [1.165, 1.54) is 11.4 Å². The molecule has 12 heavy (non-hydrogen) atoms. The van der Waals surface area contributed by atoms with Gasteiger partial charge in [0.15, 0.2) is 0 Å². The van der Waals surface area contributed by atoms with Crippen molar-refractivity contribution in [3.8, 4) is 0 Å². The molecule has 1 atom stereocenters. The zero-order chi connectivity index (χ0) is 8.77. The monoisotopic (exact) mass is 201 g/mol. The molecule has 66 valence electrons. The van der Waals surface area contributed by atoms with E-state index in [2.05, 4.69) is 24.2 Å². The molecule has 3 heteroatoms. The first-order valence-corrected chi connectivity index (χ1v) is 5.55. The molecule has 0 aromatic carbocycles. The van der Waals surface area contributed by atoms with E-state index < -0.39 is 0 Å². The molecular formula is C9H12ClNS. The molecule has 1 aromatic rings. The number of hydrogen-bond donors (Lipinski definition) is 0. The van der Waals surface area contributed by atoms with Gasteiger partial charge in [0.25, 0.3) is 0 Å². The molecule has 0 spiro atoms. The van der Waals surface area contributed by atoms with Crippen LogP contribution in [0.15, 0.2) is 5.38 Å². The molecule has 1 aliphatic carbocycles. The highest BCUT2D eigenvalue weighted by atomic mass is 35.5. The molecule has 0 radical (unpaired) electrons. The van der Waals surface area contributed by atoms with Crippen LogP contribution in [-0.4, -0.2) is 4.98 Å². The molecule has 1 aromatic heterocycles. The average molecular weight is 202 g/mol. The molecule has 2 rings (SSSR count). The third-order valence-electron chi connectivity index (χ3n) is 2.52. The first kappa shape index (κ1) is 8.52. The standard InChI is InChI=1S/C9H12ClNS/c1-9(2)3-7(9)8-11-6(4-10)5-12-8/h5,7H,3-4H2,1-2H3. The summed E-state index contributed by atoms with van der Waals surface area (Å²) < 4.78 is 0. The predicted octanol–water partition coefficient (Wildman–Crippen LogP) is 3.40. The van der Waals surface area contributed by atoms with Crippen LogP contribution < -0.4 is 0 Å². The normalized spacial score (nSPS) is 25.8. The first-order chi connectivity index (χ1) is 5.63. The van der Waals surface area contributed by atoms with Gasteiger partial charge in [0, 0.05) is 11.3 Å². The Morgan fingerprint density at radius 2 is 2.42 bits per heavy atom. The highest BCUT2D eigenvalue weighted by molar-refractivity contribution is 7.09. The number of halogens is 1. The van der Waals surface area contributed by atoms with Gasteiger partial charge in [0.2, 0.25) is 0 Å². The minimum atomic E-state index is 0.488. The largest absolute Gasteiger partial charge is 0.245 e. The van der Waals surface area contributed by atoms with Gasteiger partial charge in [-0.2, -0.15) is 0 Å². The Balaban J connectivity index is 2.15. The van der Waals surface area contributed by atoms with Gasteiger partial charge >= 0.3 is 0 Å². The smallest absolute Gasteiger partial charge is 0.0965 e. The molecule has 0 N–H and O–H groups in total. The van der Waals surface area contributed by atoms with Crippen LogP contribution in [0.25, 0.3) is 0 Å². The van der Waals surface area contributed by atoms with E-state index in [1.807, 2.05) is 0 Å². The molecule has 1 nitrogen and oxygen atoms in total. The molecule has 0 aliphatic heterocycles. The van der Waals surface area contributed by atoms with Gasteiger partial charge in [-0.3, -0.25) is 0 Å². The van der Waals surface area contributed by atoms with E-state index in [4.69, 9.17) is 11.6 Å². The third kappa shape index (κ3) is 1.38. The maximum atomic E-state index is 5.68. The van der Waals surface area contributed by atoms with Gasteiger partial charge in [-0.25, -0.2) is 4.98 Å². The second-order valence-electron chi connectivity index (χ2n) is 4.06. The van der Waals surface area contributed by atoms with Crippen LogP contribution in [0.3, 0.4) is 0 Å². The Labute approximate surface area is 81.8 Å². The Morgan fingerprint density at radius 3 is 2.83 bits per heavy atom. The average Bonchev–Trinajstić information content (AvgIpc) is 2.52. The maximum Gasteiger partial charge on any atom is 0.0965 e. The lowest BCUT2D eigenvalue weighted by Gasteiger charge is -1.97. The summed E-state index contributed by atoms with van der Waals surface area (Å²) in [7, 11) is 0. The van der Waals surface area contributed by atoms with Crippen molar-refractivity contribution in [3.05, 3.63) is 16.1 Å². The highest BCUT2D eigenvalue weighted by Gasteiger charge is 2.48. The fourth-order valence-electron chi connectivity index (χ4n) is 1.43. The van der Waals surface area contributed by atoms with Crippen molar-refractivity contribution >= 4 is 22.9 Å². The first-order valence-electron chi connectivity index (χ1n) is 4.14. The van der Waals surface area contributed by atoms with Crippen molar-refractivity contribution in [2.24, 2.45) is 5.41 Å². The van der Waals surface area contributed by atoms with Crippen LogP contribution in [0.1, 0.15) is 36.9 Å². The van der Waals surface area contributed by atoms with E-state index in [9.17, 15) is 0 Å². The van der Waals surface area contributed by atoms with Crippen LogP contribution in [0.2, 0.25) is 0 Å². The number of aromatic nitrogens is 1. The Kier molecular flexibility index (Phi) is 1.92. The van der Waals surface area contributed by atoms with Gasteiger partial charge in [0.1, 0.15) is 0 Å². The second-order valence-corrected chi connectivity index (χ2v) is 5.21. The van der Waals surface area contributed by atoms with Gasteiger partial charge in [-0.15, -0.1) is 22.9 Å². The summed E-state index contributed by atoms with van der Waals surface area (Å²) in [6, 6.07) is 0. The van der Waals surface area contributed by atoms with Crippen molar-refractivity contribution in [1.29, 1.82) is 0 Å². The van der Waals surface area contributed by atoms with E-state index in [0.29, 0.717) is 17.2 Å². The van der Waals surface area contributed by atoms with Crippen LogP contribution in [0.5, 0.6) is 0 Å². The molecule has 1 saturated carbocycles. The van der Waals surface area contributed by atoms with E-state index >= 15 is 0 Å². The Hall–Kier alpha value is -0.0800. The molecule has 1 fully saturated rings. The van der Waals surface area contributed by atoms with E-state index in [-0.39, 0.29) is 0 Å². The molecule has 1 heterocycles. The van der Waals surface area contributed by atoms with Crippen molar-refractivity contribution < 1.29 is 0 Å². The van der Waals surface area contributed by atoms with E-state index in [0.717, 1.165) is 5.69 Å². The lowest BCUT2D eigenvalue weighted by atomic mass is 10.1. The topological polar surface area (TPSA) is 12.9 Å². The quantitative estimate of drug-likeness (QED) is 0.669. The summed E-state index contributed by atoms with van der Waals surface area (Å²) in [4.78, 5) is 4.47. The molecule has 0 saturated heterocycles. The zero-order valence-corrected chi connectivity index (χ0v) is 8.87. The number of nitrogens with zero attached hydrogens (tertiary/aromatic N) is 1. The summed E-state index contributed by atoms with van der Waals surface area (Å²) in [5.74, 6) is 1.24. The summed E-state index contributed by atoms with van der Waals surface area (Å²) in [6.07, 6.45) is 1.28. The number of rotatable bonds is 2. The van der Waals surface area contributed by atoms with Crippen LogP contribution in [0.4, 0.5) is 0 Å². The molecular weight excluding hydrogens is 190 g/mol. The molecule has 1 aliphatic rings. The lowest BCUT2D eigenvalue weighted by Crippen LogP contribution is -1.89. The minimum absolute atomic E-state index is 0.488. The molecule has 0 bridgehead atoms. The maximum absolute atomic E-state index is 5.68. The summed E-state index contributed by atoms with van der Waals surface area (Å²) >= 11 is 7.43. The van der Waals surface area contributed by atoms with Crippen molar-refractivity contribution in [1.82, 2.24) is 4.98 Å². The fraction of sp³-hybridized carbons (Fsp3) is 0.667. The molecule has 1 unspecified atom stereocenters. The number of thiazole rings is 1. The fourth-order valence-corrected chi connectivity index (χ4v) is 2.79. The highest BCUT2D eigenvalue weighted by Crippen LogP contribution is 2.59. The SMILES string of the molecule is CC1(C)CC1c1nc(CCl)cs1. The van der Waals surface area contributed by atoms with Crippen molar-refractivity contribution in [2.45, 2.75) is 32.1 Å². The van der Waals surface area contributed by atoms with Crippen molar-refractivity contribution in [2.75, 3.05) is 0 Å². The Morgan fingerprint density at radius 1 is 1.75 bits per heavy atom. The molecule has 0 amide bonds. The number of alkyl halides is 1. The summed E-state index contributed by atoms with van der Waals surface area (Å²) in [6.45, 7) is 4.58. The van der Waals surface area contributed by atoms with Gasteiger partial charge in [0.05, 0.1) is 16.6 Å². The summed E-state index contributed by atoms with van der Waals surface area (Å²) in [5.41, 5.74) is 1.51. The summed E-state index contributed by atoms with van der Waals surface area (Å²) in [5, 5.41) is 3.34. The van der Waals surface area contributed by atoms with Crippen LogP contribution in [-0.2, 0) is 5.88 Å². The second kappa shape index (κ2) is 2.71.